The van der Waals surface area contributed by atoms with Crippen molar-refractivity contribution in [1.82, 2.24) is 4.90 Å². The van der Waals surface area contributed by atoms with Gasteiger partial charge in [-0.15, -0.1) is 0 Å². The highest BCUT2D eigenvalue weighted by molar-refractivity contribution is 7.80. The smallest absolute Gasteiger partial charge is 0.0899 e. The van der Waals surface area contributed by atoms with Crippen molar-refractivity contribution >= 4 is 17.2 Å². The highest BCUT2D eigenvalue weighted by Crippen LogP contribution is 2.08. The van der Waals surface area contributed by atoms with Crippen LogP contribution in [0.4, 0.5) is 0 Å². The fourth-order valence-corrected chi connectivity index (χ4v) is 1.53. The fraction of sp³-hybridized carbons (Fsp3) is 0.900. The molecule has 0 radical (unpaired) electrons. The molecule has 0 rings (SSSR count). The molecular formula is C10H22N2OS. The molecule has 14 heavy (non-hydrogen) atoms. The van der Waals surface area contributed by atoms with Crippen molar-refractivity contribution in [3.8, 4) is 0 Å². The van der Waals surface area contributed by atoms with Gasteiger partial charge in [0.25, 0.3) is 0 Å². The van der Waals surface area contributed by atoms with E-state index in [0.717, 1.165) is 19.6 Å². The summed E-state index contributed by atoms with van der Waals surface area (Å²) < 4.78 is 5.07. The first-order chi connectivity index (χ1) is 6.54. The molecule has 2 N–H and O–H groups in total. The topological polar surface area (TPSA) is 38.5 Å². The Balaban J connectivity index is 4.29. The van der Waals surface area contributed by atoms with Crippen LogP contribution in [0.25, 0.3) is 0 Å². The molecule has 0 aliphatic rings. The molecule has 84 valence electrons. The second-order valence-electron chi connectivity index (χ2n) is 3.57. The molecule has 0 amide bonds. The minimum Gasteiger partial charge on any atom is -0.392 e. The van der Waals surface area contributed by atoms with Gasteiger partial charge >= 0.3 is 0 Å². The van der Waals surface area contributed by atoms with Crippen LogP contribution in [0.2, 0.25) is 0 Å². The molecule has 3 nitrogen and oxygen atoms in total. The van der Waals surface area contributed by atoms with Crippen LogP contribution in [0, 0.1) is 0 Å². The largest absolute Gasteiger partial charge is 0.392 e. The molecule has 0 saturated carbocycles. The van der Waals surface area contributed by atoms with E-state index in [2.05, 4.69) is 18.7 Å². The Morgan fingerprint density at radius 3 is 2.43 bits per heavy atom. The lowest BCUT2D eigenvalue weighted by molar-refractivity contribution is 0.114. The molecule has 0 aliphatic carbocycles. The third-order valence-corrected chi connectivity index (χ3v) is 2.96. The van der Waals surface area contributed by atoms with Gasteiger partial charge in [-0.25, -0.2) is 0 Å². The van der Waals surface area contributed by atoms with Crippen LogP contribution in [0.3, 0.4) is 0 Å². The van der Waals surface area contributed by atoms with Crippen molar-refractivity contribution in [3.63, 3.8) is 0 Å². The Kier molecular flexibility index (Phi) is 7.05. The lowest BCUT2D eigenvalue weighted by Gasteiger charge is -2.33. The van der Waals surface area contributed by atoms with Gasteiger partial charge in [0, 0.05) is 19.7 Å². The summed E-state index contributed by atoms with van der Waals surface area (Å²) in [4.78, 5) is 2.84. The van der Waals surface area contributed by atoms with E-state index in [0.29, 0.717) is 11.0 Å². The molecule has 0 aliphatic heterocycles. The van der Waals surface area contributed by atoms with E-state index < -0.39 is 0 Å². The quantitative estimate of drug-likeness (QED) is 0.656. The van der Waals surface area contributed by atoms with Crippen molar-refractivity contribution in [1.29, 1.82) is 0 Å². The standard InChI is InChI=1S/C10H22N2OS/c1-5-8(2)12(6-7-13-4)9(3)10(11)14/h8-9H,5-7H2,1-4H3,(H2,11,14). The zero-order valence-electron chi connectivity index (χ0n) is 9.62. The van der Waals surface area contributed by atoms with Gasteiger partial charge in [0.15, 0.2) is 0 Å². The molecule has 0 heterocycles. The van der Waals surface area contributed by atoms with Crippen molar-refractivity contribution in [2.24, 2.45) is 5.73 Å². The SMILES string of the molecule is CCC(C)N(CCOC)C(C)C(N)=S. The van der Waals surface area contributed by atoms with Crippen LogP contribution in [0.1, 0.15) is 27.2 Å². The van der Waals surface area contributed by atoms with Crippen LogP contribution < -0.4 is 5.73 Å². The number of hydrogen-bond donors (Lipinski definition) is 1. The van der Waals surface area contributed by atoms with E-state index >= 15 is 0 Å². The highest BCUT2D eigenvalue weighted by atomic mass is 32.1. The summed E-state index contributed by atoms with van der Waals surface area (Å²) in [5.74, 6) is 0. The minimum absolute atomic E-state index is 0.148. The number of ether oxygens (including phenoxy) is 1. The summed E-state index contributed by atoms with van der Waals surface area (Å²) in [5, 5.41) is 0. The molecule has 0 spiro atoms. The van der Waals surface area contributed by atoms with Gasteiger partial charge in [-0.3, -0.25) is 4.90 Å². The monoisotopic (exact) mass is 218 g/mol. The summed E-state index contributed by atoms with van der Waals surface area (Å²) in [5.41, 5.74) is 5.65. The normalized spacial score (nSPS) is 15.5. The summed E-state index contributed by atoms with van der Waals surface area (Å²) in [6.45, 7) is 7.99. The van der Waals surface area contributed by atoms with E-state index in [4.69, 9.17) is 22.7 Å². The third kappa shape index (κ3) is 4.35. The number of rotatable bonds is 7. The molecule has 0 bridgehead atoms. The molecule has 0 fully saturated rings. The average Bonchev–Trinajstić information content (AvgIpc) is 2.17. The Bertz CT molecular complexity index is 176. The van der Waals surface area contributed by atoms with Gasteiger partial charge in [0.2, 0.25) is 0 Å². The zero-order chi connectivity index (χ0) is 11.1. The summed E-state index contributed by atoms with van der Waals surface area (Å²) in [6, 6.07) is 0.636. The molecule has 0 saturated heterocycles. The summed E-state index contributed by atoms with van der Waals surface area (Å²) in [7, 11) is 1.71. The zero-order valence-corrected chi connectivity index (χ0v) is 10.4. The molecule has 2 unspecified atom stereocenters. The van der Waals surface area contributed by atoms with Crippen LogP contribution in [0.5, 0.6) is 0 Å². The van der Waals surface area contributed by atoms with Crippen molar-refractivity contribution < 1.29 is 4.74 Å². The molecule has 4 heteroatoms. The maximum Gasteiger partial charge on any atom is 0.0899 e. The Morgan fingerprint density at radius 2 is 2.07 bits per heavy atom. The predicted molar refractivity (Wildman–Crippen MR) is 64.6 cm³/mol. The summed E-state index contributed by atoms with van der Waals surface area (Å²) in [6.07, 6.45) is 1.09. The van der Waals surface area contributed by atoms with Gasteiger partial charge in [0.05, 0.1) is 17.6 Å². The summed E-state index contributed by atoms with van der Waals surface area (Å²) >= 11 is 5.01. The Hall–Kier alpha value is -0.190. The molecule has 0 aromatic carbocycles. The first kappa shape index (κ1) is 13.8. The van der Waals surface area contributed by atoms with Crippen molar-refractivity contribution in [2.75, 3.05) is 20.3 Å². The number of nitrogens with zero attached hydrogens (tertiary/aromatic N) is 1. The Labute approximate surface area is 92.6 Å². The first-order valence-electron chi connectivity index (χ1n) is 5.08. The maximum atomic E-state index is 5.65. The van der Waals surface area contributed by atoms with Crippen LogP contribution in [0.15, 0.2) is 0 Å². The highest BCUT2D eigenvalue weighted by Gasteiger charge is 2.20. The van der Waals surface area contributed by atoms with E-state index in [1.807, 2.05) is 6.92 Å². The van der Waals surface area contributed by atoms with E-state index in [1.165, 1.54) is 0 Å². The number of methoxy groups -OCH3 is 1. The first-order valence-corrected chi connectivity index (χ1v) is 5.49. The second kappa shape index (κ2) is 7.15. The number of thiocarbonyl (C=S) groups is 1. The Morgan fingerprint density at radius 1 is 1.50 bits per heavy atom. The molecule has 0 aromatic heterocycles. The number of nitrogens with two attached hydrogens (primary N) is 1. The van der Waals surface area contributed by atoms with Gasteiger partial charge in [-0.05, 0) is 20.3 Å². The van der Waals surface area contributed by atoms with Crippen LogP contribution in [-0.4, -0.2) is 42.2 Å². The fourth-order valence-electron chi connectivity index (χ4n) is 1.39. The van der Waals surface area contributed by atoms with E-state index in [9.17, 15) is 0 Å². The minimum atomic E-state index is 0.148. The van der Waals surface area contributed by atoms with Crippen molar-refractivity contribution in [2.45, 2.75) is 39.3 Å². The van der Waals surface area contributed by atoms with Gasteiger partial charge in [-0.2, -0.15) is 0 Å². The average molecular weight is 218 g/mol. The molecule has 0 aromatic rings. The number of hydrogen-bond acceptors (Lipinski definition) is 3. The van der Waals surface area contributed by atoms with Gasteiger partial charge < -0.3 is 10.5 Å². The van der Waals surface area contributed by atoms with E-state index in [1.54, 1.807) is 7.11 Å². The molecular weight excluding hydrogens is 196 g/mol. The third-order valence-electron chi connectivity index (χ3n) is 2.62. The lowest BCUT2D eigenvalue weighted by Crippen LogP contribution is -2.47. The maximum absolute atomic E-state index is 5.65. The van der Waals surface area contributed by atoms with E-state index in [-0.39, 0.29) is 6.04 Å². The predicted octanol–water partition coefficient (Wildman–Crippen LogP) is 1.41. The van der Waals surface area contributed by atoms with Crippen LogP contribution in [-0.2, 0) is 4.74 Å². The van der Waals surface area contributed by atoms with Gasteiger partial charge in [-0.1, -0.05) is 19.1 Å². The van der Waals surface area contributed by atoms with Crippen LogP contribution >= 0.6 is 12.2 Å². The molecule has 2 atom stereocenters. The lowest BCUT2D eigenvalue weighted by atomic mass is 10.1. The second-order valence-corrected chi connectivity index (χ2v) is 4.04. The van der Waals surface area contributed by atoms with Crippen molar-refractivity contribution in [3.05, 3.63) is 0 Å². The van der Waals surface area contributed by atoms with Gasteiger partial charge in [0.1, 0.15) is 0 Å².